The van der Waals surface area contributed by atoms with Crippen molar-refractivity contribution < 1.29 is 19.1 Å². The molecular formula is C14H15ClN6O4. The quantitative estimate of drug-likeness (QED) is 0.732. The number of tetrazole rings is 1. The van der Waals surface area contributed by atoms with Crippen molar-refractivity contribution in [3.63, 3.8) is 0 Å². The molecule has 11 heteroatoms. The zero-order chi connectivity index (χ0) is 18.4. The molecule has 1 aromatic carbocycles. The van der Waals surface area contributed by atoms with Gasteiger partial charge in [0.25, 0.3) is 5.91 Å². The molecule has 132 valence electrons. The Balaban J connectivity index is 1.91. The van der Waals surface area contributed by atoms with Crippen molar-refractivity contribution in [2.75, 3.05) is 7.05 Å². The van der Waals surface area contributed by atoms with Gasteiger partial charge in [-0.25, -0.2) is 9.59 Å². The van der Waals surface area contributed by atoms with E-state index in [1.165, 1.54) is 14.0 Å². The molecule has 10 nitrogen and oxygen atoms in total. The second-order valence-corrected chi connectivity index (χ2v) is 5.29. The molecule has 2 aromatic rings. The van der Waals surface area contributed by atoms with E-state index in [1.54, 1.807) is 24.3 Å². The Morgan fingerprint density at radius 1 is 1.28 bits per heavy atom. The minimum absolute atomic E-state index is 0.315. The van der Waals surface area contributed by atoms with Crippen molar-refractivity contribution in [3.05, 3.63) is 29.3 Å². The first kappa shape index (κ1) is 18.3. The lowest BCUT2D eigenvalue weighted by atomic mass is 10.2. The Kier molecular flexibility index (Phi) is 6.01. The van der Waals surface area contributed by atoms with Crippen LogP contribution in [-0.2, 0) is 20.9 Å². The third kappa shape index (κ3) is 5.24. The van der Waals surface area contributed by atoms with Crippen molar-refractivity contribution in [1.29, 1.82) is 0 Å². The Labute approximate surface area is 147 Å². The highest BCUT2D eigenvalue weighted by Gasteiger charge is 2.20. The van der Waals surface area contributed by atoms with Gasteiger partial charge in [0.2, 0.25) is 5.82 Å². The normalized spacial score (nSPS) is 11.5. The number of hydrogen-bond donors (Lipinski definition) is 2. The lowest BCUT2D eigenvalue weighted by Gasteiger charge is -2.12. The maximum absolute atomic E-state index is 11.8. The first-order chi connectivity index (χ1) is 11.9. The SMILES string of the molecule is CNC(=O)NC(=O)[C@H](C)OC(=O)Cn1nnc(-c2ccc(Cl)cc2)n1. The number of benzene rings is 1. The smallest absolute Gasteiger partial charge is 0.330 e. The fourth-order valence-corrected chi connectivity index (χ4v) is 1.83. The van der Waals surface area contributed by atoms with E-state index in [1.807, 2.05) is 5.32 Å². The van der Waals surface area contributed by atoms with Gasteiger partial charge in [0.1, 0.15) is 0 Å². The zero-order valence-electron chi connectivity index (χ0n) is 13.4. The molecule has 3 amide bonds. The van der Waals surface area contributed by atoms with Crippen LogP contribution in [0.3, 0.4) is 0 Å². The number of nitrogens with one attached hydrogen (secondary N) is 2. The maximum Gasteiger partial charge on any atom is 0.330 e. The van der Waals surface area contributed by atoms with Gasteiger partial charge in [-0.05, 0) is 36.4 Å². The lowest BCUT2D eigenvalue weighted by molar-refractivity contribution is -0.155. The standard InChI is InChI=1S/C14H15ClN6O4/c1-8(13(23)17-14(24)16-2)25-11(22)7-21-19-12(18-20-21)9-3-5-10(15)6-4-9/h3-6,8H,7H2,1-2H3,(H2,16,17,23,24)/t8-/m0/s1. The van der Waals surface area contributed by atoms with Crippen LogP contribution in [0.5, 0.6) is 0 Å². The maximum atomic E-state index is 11.8. The van der Waals surface area contributed by atoms with Crippen LogP contribution in [0.4, 0.5) is 4.79 Å². The van der Waals surface area contributed by atoms with E-state index in [0.717, 1.165) is 4.80 Å². The van der Waals surface area contributed by atoms with Gasteiger partial charge in [-0.1, -0.05) is 11.6 Å². The first-order valence-electron chi connectivity index (χ1n) is 7.15. The molecule has 0 aliphatic heterocycles. The van der Waals surface area contributed by atoms with Crippen molar-refractivity contribution >= 4 is 29.5 Å². The van der Waals surface area contributed by atoms with Gasteiger partial charge in [0.15, 0.2) is 12.6 Å². The largest absolute Gasteiger partial charge is 0.451 e. The molecule has 0 saturated carbocycles. The number of hydrogen-bond acceptors (Lipinski definition) is 7. The highest BCUT2D eigenvalue weighted by molar-refractivity contribution is 6.30. The highest BCUT2D eigenvalue weighted by Crippen LogP contribution is 2.16. The molecule has 1 heterocycles. The average Bonchev–Trinajstić information content (AvgIpc) is 3.03. The van der Waals surface area contributed by atoms with Crippen LogP contribution in [-0.4, -0.2) is 51.3 Å². The molecule has 25 heavy (non-hydrogen) atoms. The molecule has 0 saturated heterocycles. The minimum Gasteiger partial charge on any atom is -0.451 e. The number of carbonyl (C=O) groups excluding carboxylic acids is 3. The molecular weight excluding hydrogens is 352 g/mol. The Bertz CT molecular complexity index is 776. The molecule has 1 aromatic heterocycles. The summed E-state index contributed by atoms with van der Waals surface area (Å²) < 4.78 is 4.92. The predicted molar refractivity (Wildman–Crippen MR) is 86.4 cm³/mol. The third-order valence-corrected chi connectivity index (χ3v) is 3.22. The van der Waals surface area contributed by atoms with E-state index in [9.17, 15) is 14.4 Å². The van der Waals surface area contributed by atoms with Gasteiger partial charge < -0.3 is 10.1 Å². The minimum atomic E-state index is -1.15. The number of esters is 1. The number of imide groups is 1. The number of amides is 3. The average molecular weight is 367 g/mol. The number of urea groups is 1. The summed E-state index contributed by atoms with van der Waals surface area (Å²) in [7, 11) is 1.36. The lowest BCUT2D eigenvalue weighted by Crippen LogP contribution is -2.43. The van der Waals surface area contributed by atoms with E-state index >= 15 is 0 Å². The summed E-state index contributed by atoms with van der Waals surface area (Å²) in [5, 5.41) is 16.4. The van der Waals surface area contributed by atoms with E-state index in [4.69, 9.17) is 16.3 Å². The van der Waals surface area contributed by atoms with Gasteiger partial charge in [-0.2, -0.15) is 4.80 Å². The molecule has 0 bridgehead atoms. The molecule has 0 unspecified atom stereocenters. The first-order valence-corrected chi connectivity index (χ1v) is 7.52. The van der Waals surface area contributed by atoms with E-state index < -0.39 is 24.0 Å². The summed E-state index contributed by atoms with van der Waals surface area (Å²) in [4.78, 5) is 35.5. The number of carbonyl (C=O) groups is 3. The Morgan fingerprint density at radius 2 is 1.96 bits per heavy atom. The monoisotopic (exact) mass is 366 g/mol. The van der Waals surface area contributed by atoms with Crippen molar-refractivity contribution in [3.8, 4) is 11.4 Å². The van der Waals surface area contributed by atoms with Crippen molar-refractivity contribution in [1.82, 2.24) is 30.8 Å². The van der Waals surface area contributed by atoms with Crippen LogP contribution >= 0.6 is 11.6 Å². The van der Waals surface area contributed by atoms with Gasteiger partial charge in [-0.3, -0.25) is 10.1 Å². The fraction of sp³-hybridized carbons (Fsp3) is 0.286. The van der Waals surface area contributed by atoms with E-state index in [2.05, 4.69) is 20.7 Å². The number of rotatable bonds is 5. The molecule has 0 fully saturated rings. The van der Waals surface area contributed by atoms with Gasteiger partial charge in [0, 0.05) is 17.6 Å². The van der Waals surface area contributed by atoms with Crippen LogP contribution in [0.15, 0.2) is 24.3 Å². The van der Waals surface area contributed by atoms with Crippen LogP contribution in [0.2, 0.25) is 5.02 Å². The zero-order valence-corrected chi connectivity index (χ0v) is 14.1. The molecule has 0 aliphatic carbocycles. The molecule has 1 atom stereocenters. The van der Waals surface area contributed by atoms with Gasteiger partial charge in [-0.15, -0.1) is 10.2 Å². The molecule has 2 N–H and O–H groups in total. The summed E-state index contributed by atoms with van der Waals surface area (Å²) in [5.41, 5.74) is 0.683. The van der Waals surface area contributed by atoms with Crippen molar-refractivity contribution in [2.45, 2.75) is 19.6 Å². The number of ether oxygens (including phenoxy) is 1. The molecule has 0 aliphatic rings. The van der Waals surface area contributed by atoms with Gasteiger partial charge in [0.05, 0.1) is 0 Å². The van der Waals surface area contributed by atoms with Gasteiger partial charge >= 0.3 is 12.0 Å². The fourth-order valence-electron chi connectivity index (χ4n) is 1.70. The number of halogens is 1. The topological polar surface area (TPSA) is 128 Å². The number of nitrogens with zero attached hydrogens (tertiary/aromatic N) is 4. The number of aromatic nitrogens is 4. The van der Waals surface area contributed by atoms with E-state index in [-0.39, 0.29) is 6.54 Å². The second kappa shape index (κ2) is 8.20. The summed E-state index contributed by atoms with van der Waals surface area (Å²) in [6, 6.07) is 6.09. The second-order valence-electron chi connectivity index (χ2n) is 4.85. The molecule has 0 spiro atoms. The Hall–Kier alpha value is -3.01. The van der Waals surface area contributed by atoms with Crippen LogP contribution in [0.25, 0.3) is 11.4 Å². The van der Waals surface area contributed by atoms with Crippen LogP contribution in [0, 0.1) is 0 Å². The van der Waals surface area contributed by atoms with E-state index in [0.29, 0.717) is 16.4 Å². The summed E-state index contributed by atoms with van der Waals surface area (Å²) >= 11 is 5.81. The highest BCUT2D eigenvalue weighted by atomic mass is 35.5. The molecule has 0 radical (unpaired) electrons. The summed E-state index contributed by atoms with van der Waals surface area (Å²) in [6.07, 6.45) is -1.15. The predicted octanol–water partition coefficient (Wildman–Crippen LogP) is 0.381. The van der Waals surface area contributed by atoms with Crippen molar-refractivity contribution in [2.24, 2.45) is 0 Å². The summed E-state index contributed by atoms with van der Waals surface area (Å²) in [5.74, 6) is -1.18. The Morgan fingerprint density at radius 3 is 2.60 bits per heavy atom. The van der Waals surface area contributed by atoms with Crippen LogP contribution < -0.4 is 10.6 Å². The molecule has 2 rings (SSSR count). The summed E-state index contributed by atoms with van der Waals surface area (Å²) in [6.45, 7) is 1.00. The van der Waals surface area contributed by atoms with Crippen LogP contribution in [0.1, 0.15) is 6.92 Å². The third-order valence-electron chi connectivity index (χ3n) is 2.97.